The van der Waals surface area contributed by atoms with Gasteiger partial charge in [0, 0.05) is 45.4 Å². The van der Waals surface area contributed by atoms with Gasteiger partial charge in [-0.3, -0.25) is 9.97 Å². The van der Waals surface area contributed by atoms with Gasteiger partial charge < -0.3 is 9.47 Å². The Morgan fingerprint density at radius 1 is 0.352 bits per heavy atom. The summed E-state index contributed by atoms with van der Waals surface area (Å²) in [5.41, 5.74) is 9.22. The summed E-state index contributed by atoms with van der Waals surface area (Å²) >= 11 is 0. The zero-order chi connectivity index (χ0) is 60.8. The molecule has 6 nitrogen and oxygen atoms in total. The van der Waals surface area contributed by atoms with Crippen molar-refractivity contribution in [2.45, 2.75) is 0 Å². The van der Waals surface area contributed by atoms with Gasteiger partial charge in [-0.05, 0) is 130 Å². The van der Waals surface area contributed by atoms with Gasteiger partial charge >= 0.3 is 62.0 Å². The molecule has 0 aliphatic heterocycles. The van der Waals surface area contributed by atoms with Gasteiger partial charge in [0.2, 0.25) is 0 Å². The van der Waals surface area contributed by atoms with Crippen LogP contribution in [0.2, 0.25) is 0 Å². The quantitative estimate of drug-likeness (QED) is 0.0422. The van der Waals surface area contributed by atoms with Crippen LogP contribution in [0.25, 0.3) is 76.7 Å². The number of hydrogen-bond donors (Lipinski definition) is 0. The molecule has 0 saturated carbocycles. The van der Waals surface area contributed by atoms with E-state index in [0.29, 0.717) is 11.1 Å². The number of nitrogens with zero attached hydrogens (tertiary/aromatic N) is 2. The summed E-state index contributed by atoms with van der Waals surface area (Å²) in [5, 5.41) is 15.6. The number of pyridine rings is 2. The molecule has 2 aromatic heterocycles. The molecule has 0 aliphatic carbocycles. The van der Waals surface area contributed by atoms with Crippen molar-refractivity contribution in [3.8, 4) is 33.4 Å². The van der Waals surface area contributed by atoms with E-state index in [0.717, 1.165) is 44.1 Å². The average Bonchev–Trinajstić information content (AvgIpc) is 1.02. The van der Waals surface area contributed by atoms with Crippen molar-refractivity contribution in [2.75, 3.05) is 14.2 Å². The van der Waals surface area contributed by atoms with E-state index >= 15 is 0 Å². The van der Waals surface area contributed by atoms with Crippen LogP contribution in [-0.4, -0.2) is 36.1 Å². The van der Waals surface area contributed by atoms with Crippen molar-refractivity contribution in [3.05, 3.63) is 290 Å². The fraction of sp³-hybridized carbons (Fsp3) is 0.0278. The van der Waals surface area contributed by atoms with Crippen LogP contribution in [0.3, 0.4) is 0 Å². The molecule has 0 amide bonds. The van der Waals surface area contributed by atoms with E-state index in [9.17, 15) is 34.8 Å². The van der Waals surface area contributed by atoms with E-state index < -0.39 is 23.7 Å². The Labute approximate surface area is 517 Å². The SMILES string of the molecule is COC(=O)c1ccc(-c2cnc3c(ccc4cc(-c5ccc(C(=O)OC)cc5)cnc43)c2)cc1.F[P-](F)(F)(F)(F)F.[Cu+].c1ccc([PH+](c2ccccc2)c2ccc3ccccc3c2-c2c([PH+](c3ccccc3)c3ccccc3)ccc3ccccc23)cc1. The third kappa shape index (κ3) is 14.7. The third-order valence-electron chi connectivity index (χ3n) is 14.7. The molecule has 0 aliphatic rings. The number of aromatic nitrogens is 2. The maximum atomic E-state index is 11.7. The van der Waals surface area contributed by atoms with Crippen LogP contribution in [0.5, 0.6) is 0 Å². The molecule has 16 heteroatoms. The molecule has 0 fully saturated rings. The Morgan fingerprint density at radius 2 is 0.636 bits per heavy atom. The number of carbonyl (C=O) groups is 2. The van der Waals surface area contributed by atoms with Crippen LogP contribution in [0.1, 0.15) is 20.7 Å². The molecule has 0 N–H and O–H groups in total. The second-order valence-corrected chi connectivity index (χ2v) is 27.2. The number of halogens is 6. The molecule has 442 valence electrons. The first kappa shape index (κ1) is 62.2. The second kappa shape index (κ2) is 25.8. The standard InChI is InChI=1S/C44H32P2.C28H20N2O4.Cu.F6P/c1-5-19-35(20-6-1)45(36-21-7-2-8-22-36)41-31-29-33-17-13-15-27-39(33)43(41)44-40-28-16-14-18-34(40)30-32-42(44)46(37-23-9-3-10-24-37)38-25-11-4-12-26-38;1-33-27(31)19-7-3-17(4-8-19)23-13-21-11-12-22-14-24(16-30-26(22)25(21)29-15-23)18-5-9-20(10-6-18)28(32)34-2;;1-7(2,3,4,5)6/h1-32H;3-16H,1-2H3;;/q;;+1;-1/p+2. The Balaban J connectivity index is 0.000000180. The average molecular weight is 1280 g/mol. The van der Waals surface area contributed by atoms with E-state index in [-0.39, 0.29) is 29.0 Å². The second-order valence-electron chi connectivity index (χ2n) is 20.4. The van der Waals surface area contributed by atoms with E-state index in [1.165, 1.54) is 78.7 Å². The van der Waals surface area contributed by atoms with Gasteiger partial charge in [0.05, 0.1) is 52.2 Å². The van der Waals surface area contributed by atoms with E-state index in [1.54, 1.807) is 24.3 Å². The first-order valence-electron chi connectivity index (χ1n) is 27.5. The summed E-state index contributed by atoms with van der Waals surface area (Å²) in [5.74, 6) is -0.723. The Morgan fingerprint density at radius 3 is 0.943 bits per heavy atom. The maximum absolute atomic E-state index is 11.7. The Bertz CT molecular complexity index is 4270. The van der Waals surface area contributed by atoms with Crippen molar-refractivity contribution in [1.29, 1.82) is 0 Å². The number of methoxy groups -OCH3 is 2. The van der Waals surface area contributed by atoms with E-state index in [2.05, 4.69) is 206 Å². The van der Waals surface area contributed by atoms with Gasteiger partial charge in [-0.2, -0.15) is 0 Å². The van der Waals surface area contributed by atoms with Crippen LogP contribution < -0.4 is 31.8 Å². The van der Waals surface area contributed by atoms with Gasteiger partial charge in [-0.15, -0.1) is 0 Å². The molecular formula is C72H54CuF6N2O4P3+2. The third-order valence-corrected chi connectivity index (χ3v) is 20.2. The topological polar surface area (TPSA) is 78.4 Å². The van der Waals surface area contributed by atoms with Crippen molar-refractivity contribution >= 4 is 111 Å². The number of ether oxygens (including phenoxy) is 2. The first-order valence-corrected chi connectivity index (χ1v) is 32.5. The summed E-state index contributed by atoms with van der Waals surface area (Å²) in [6.45, 7) is 0. The molecular weight excluding hydrogens is 1230 g/mol. The summed E-state index contributed by atoms with van der Waals surface area (Å²) < 4.78 is 68.7. The minimum Gasteiger partial charge on any atom is -0.0620 e. The summed E-state index contributed by atoms with van der Waals surface area (Å²) in [6.07, 6.45) is 3.63. The van der Waals surface area contributed by atoms with E-state index in [4.69, 9.17) is 19.4 Å². The van der Waals surface area contributed by atoms with Crippen LogP contribution in [0, 0.1) is 0 Å². The Kier molecular flexibility index (Phi) is 18.2. The van der Waals surface area contributed by atoms with Crippen LogP contribution >= 0.6 is 23.7 Å². The number of esters is 2. The van der Waals surface area contributed by atoms with Crippen molar-refractivity contribution in [2.24, 2.45) is 0 Å². The van der Waals surface area contributed by atoms with Gasteiger partial charge in [-0.1, -0.05) is 170 Å². The van der Waals surface area contributed by atoms with Crippen LogP contribution in [-0.2, 0) is 26.5 Å². The minimum atomic E-state index is -10.7. The molecule has 2 heterocycles. The van der Waals surface area contributed by atoms with Gasteiger partial charge in [0.25, 0.3) is 0 Å². The largest absolute Gasteiger partial charge is 1.00 e. The molecule has 13 aromatic rings. The minimum absolute atomic E-state index is 0. The first-order chi connectivity index (χ1) is 41.9. The van der Waals surface area contributed by atoms with Crippen LogP contribution in [0.15, 0.2) is 279 Å². The Hall–Kier alpha value is -8.91. The number of rotatable bonds is 11. The summed E-state index contributed by atoms with van der Waals surface area (Å²) in [6, 6.07) is 94.9. The molecule has 0 spiro atoms. The molecule has 11 aromatic carbocycles. The normalized spacial score (nSPS) is 12.0. The molecule has 88 heavy (non-hydrogen) atoms. The fourth-order valence-corrected chi connectivity index (χ4v) is 16.3. The van der Waals surface area contributed by atoms with Gasteiger partial charge in [0.15, 0.2) is 0 Å². The number of fused-ring (bicyclic) bond motifs is 5. The van der Waals surface area contributed by atoms with Crippen molar-refractivity contribution in [3.63, 3.8) is 0 Å². The smallest absolute Gasteiger partial charge is 0.0620 e. The summed E-state index contributed by atoms with van der Waals surface area (Å²) in [7, 11) is -10.7. The number of carbonyl (C=O) groups excluding carboxylic acids is 2. The zero-order valence-corrected chi connectivity index (χ0v) is 50.9. The molecule has 0 bridgehead atoms. The molecule has 0 unspecified atom stereocenters. The molecule has 0 radical (unpaired) electrons. The summed E-state index contributed by atoms with van der Waals surface area (Å²) in [4.78, 5) is 32.7. The molecule has 0 saturated heterocycles. The number of benzene rings is 11. The van der Waals surface area contributed by atoms with Crippen molar-refractivity contribution < 1.29 is 61.3 Å². The van der Waals surface area contributed by atoms with Crippen LogP contribution in [0.4, 0.5) is 25.2 Å². The predicted molar refractivity (Wildman–Crippen MR) is 351 cm³/mol. The predicted octanol–water partition coefficient (Wildman–Crippen LogP) is 17.7. The monoisotopic (exact) mass is 1280 g/mol. The van der Waals surface area contributed by atoms with Gasteiger partial charge in [0.1, 0.15) is 31.8 Å². The van der Waals surface area contributed by atoms with Crippen molar-refractivity contribution in [1.82, 2.24) is 9.97 Å². The van der Waals surface area contributed by atoms with E-state index in [1.807, 2.05) is 48.8 Å². The zero-order valence-electron chi connectivity index (χ0n) is 47.1. The number of hydrogen-bond acceptors (Lipinski definition) is 6. The molecule has 0 atom stereocenters. The maximum Gasteiger partial charge on any atom is 1.00 e. The molecule has 13 rings (SSSR count). The fourth-order valence-electron chi connectivity index (χ4n) is 10.8. The van der Waals surface area contributed by atoms with Gasteiger partial charge in [-0.25, -0.2) is 9.59 Å².